The van der Waals surface area contributed by atoms with E-state index in [0.29, 0.717) is 0 Å². The van der Waals surface area contributed by atoms with Gasteiger partial charge in [-0.1, -0.05) is 0 Å². The monoisotopic (exact) mass is 203 g/mol. The molecule has 1 aliphatic rings. The Morgan fingerprint density at radius 2 is 2.00 bits per heavy atom. The summed E-state index contributed by atoms with van der Waals surface area (Å²) in [5, 5.41) is 0. The normalized spacial score (nSPS) is 17.2. The van der Waals surface area contributed by atoms with Crippen molar-refractivity contribution in [3.05, 3.63) is 36.5 Å². The molecule has 0 aliphatic carbocycles. The zero-order valence-electron chi connectivity index (χ0n) is 8.72. The van der Waals surface area contributed by atoms with Gasteiger partial charge in [-0.25, -0.2) is 0 Å². The van der Waals surface area contributed by atoms with Crippen LogP contribution in [0.2, 0.25) is 0 Å². The quantitative estimate of drug-likeness (QED) is 0.698. The molecule has 0 atom stereocenters. The van der Waals surface area contributed by atoms with Crippen molar-refractivity contribution >= 4 is 5.91 Å². The minimum Gasteiger partial charge on any atom is -0.339 e. The highest BCUT2D eigenvalue weighted by molar-refractivity contribution is 5.94. The molecule has 3 nitrogen and oxygen atoms in total. The van der Waals surface area contributed by atoms with Gasteiger partial charge in [-0.2, -0.15) is 0 Å². The van der Waals surface area contributed by atoms with Crippen LogP contribution < -0.4 is 0 Å². The van der Waals surface area contributed by atoms with E-state index in [1.165, 1.54) is 0 Å². The molecule has 0 aromatic carbocycles. The van der Waals surface area contributed by atoms with Gasteiger partial charge in [-0.3, -0.25) is 9.78 Å². The first-order valence-electron chi connectivity index (χ1n) is 5.39. The SMILES string of the molecule is O=C(c1ccncc1)N1CC[CH]CCC1. The van der Waals surface area contributed by atoms with Crippen LogP contribution in [0.3, 0.4) is 0 Å². The molecule has 1 aromatic heterocycles. The lowest BCUT2D eigenvalue weighted by atomic mass is 10.2. The van der Waals surface area contributed by atoms with Gasteiger partial charge in [0.2, 0.25) is 0 Å². The maximum Gasteiger partial charge on any atom is 0.253 e. The molecule has 15 heavy (non-hydrogen) atoms. The van der Waals surface area contributed by atoms with E-state index in [0.717, 1.165) is 37.9 Å². The van der Waals surface area contributed by atoms with Gasteiger partial charge in [0.15, 0.2) is 0 Å². The zero-order valence-corrected chi connectivity index (χ0v) is 8.72. The number of likely N-dealkylation sites (tertiary alicyclic amines) is 1. The van der Waals surface area contributed by atoms with Gasteiger partial charge in [0, 0.05) is 31.0 Å². The summed E-state index contributed by atoms with van der Waals surface area (Å²) in [5.41, 5.74) is 0.743. The average molecular weight is 203 g/mol. The summed E-state index contributed by atoms with van der Waals surface area (Å²) in [5.74, 6) is 0.132. The molecule has 1 aliphatic heterocycles. The van der Waals surface area contributed by atoms with E-state index in [4.69, 9.17) is 0 Å². The molecule has 1 radical (unpaired) electrons. The van der Waals surface area contributed by atoms with Gasteiger partial charge in [-0.05, 0) is 37.8 Å². The fourth-order valence-corrected chi connectivity index (χ4v) is 1.81. The number of rotatable bonds is 1. The van der Waals surface area contributed by atoms with Crippen LogP contribution in [0.4, 0.5) is 0 Å². The summed E-state index contributed by atoms with van der Waals surface area (Å²) in [6, 6.07) is 3.55. The number of carbonyl (C=O) groups is 1. The van der Waals surface area contributed by atoms with Crippen molar-refractivity contribution in [2.75, 3.05) is 13.1 Å². The van der Waals surface area contributed by atoms with E-state index in [-0.39, 0.29) is 5.91 Å². The Morgan fingerprint density at radius 3 is 2.80 bits per heavy atom. The van der Waals surface area contributed by atoms with Crippen molar-refractivity contribution in [3.63, 3.8) is 0 Å². The van der Waals surface area contributed by atoms with Gasteiger partial charge >= 0.3 is 0 Å². The van der Waals surface area contributed by atoms with E-state index < -0.39 is 0 Å². The Kier molecular flexibility index (Phi) is 3.33. The first kappa shape index (κ1) is 10.1. The van der Waals surface area contributed by atoms with Crippen LogP contribution in [-0.2, 0) is 0 Å². The standard InChI is InChI=1S/C12H15N2O/c15-12(11-5-7-13-8-6-11)14-9-3-1-2-4-10-14/h1,5-8H,2-4,9-10H2. The van der Waals surface area contributed by atoms with Crippen LogP contribution in [0.25, 0.3) is 0 Å². The number of pyridine rings is 1. The summed E-state index contributed by atoms with van der Waals surface area (Å²) in [6.07, 6.45) is 8.81. The second kappa shape index (κ2) is 4.91. The highest BCUT2D eigenvalue weighted by Gasteiger charge is 2.16. The lowest BCUT2D eigenvalue weighted by molar-refractivity contribution is 0.0762. The minimum atomic E-state index is 0.132. The fraction of sp³-hybridized carbons (Fsp3) is 0.417. The number of amides is 1. The molecule has 0 N–H and O–H groups in total. The maximum atomic E-state index is 12.0. The first-order valence-corrected chi connectivity index (χ1v) is 5.39. The van der Waals surface area contributed by atoms with Gasteiger partial charge < -0.3 is 4.90 Å². The molecule has 2 rings (SSSR count). The minimum absolute atomic E-state index is 0.132. The number of aromatic nitrogens is 1. The smallest absolute Gasteiger partial charge is 0.253 e. The van der Waals surface area contributed by atoms with E-state index in [2.05, 4.69) is 11.4 Å². The highest BCUT2D eigenvalue weighted by atomic mass is 16.2. The van der Waals surface area contributed by atoms with Crippen molar-refractivity contribution < 1.29 is 4.79 Å². The molecule has 1 fully saturated rings. The van der Waals surface area contributed by atoms with Crippen LogP contribution in [0, 0.1) is 6.42 Å². The fourth-order valence-electron chi connectivity index (χ4n) is 1.81. The second-order valence-electron chi connectivity index (χ2n) is 3.75. The van der Waals surface area contributed by atoms with E-state index in [1.807, 2.05) is 4.90 Å². The molecule has 0 spiro atoms. The lowest BCUT2D eigenvalue weighted by Gasteiger charge is -2.19. The molecule has 0 bridgehead atoms. The van der Waals surface area contributed by atoms with E-state index in [1.54, 1.807) is 24.5 Å². The predicted molar refractivity (Wildman–Crippen MR) is 58.3 cm³/mol. The number of carbonyl (C=O) groups excluding carboxylic acids is 1. The number of nitrogens with zero attached hydrogens (tertiary/aromatic N) is 2. The van der Waals surface area contributed by atoms with Crippen molar-refractivity contribution in [3.8, 4) is 0 Å². The van der Waals surface area contributed by atoms with Gasteiger partial charge in [-0.15, -0.1) is 0 Å². The topological polar surface area (TPSA) is 33.2 Å². The Labute approximate surface area is 90.1 Å². The summed E-state index contributed by atoms with van der Waals surface area (Å²) < 4.78 is 0. The third kappa shape index (κ3) is 2.55. The molecule has 0 unspecified atom stereocenters. The summed E-state index contributed by atoms with van der Waals surface area (Å²) in [4.78, 5) is 17.9. The Morgan fingerprint density at radius 1 is 1.20 bits per heavy atom. The number of hydrogen-bond acceptors (Lipinski definition) is 2. The van der Waals surface area contributed by atoms with Crippen molar-refractivity contribution in [2.24, 2.45) is 0 Å². The highest BCUT2D eigenvalue weighted by Crippen LogP contribution is 2.12. The first-order chi connectivity index (χ1) is 7.38. The van der Waals surface area contributed by atoms with Crippen molar-refractivity contribution in [1.82, 2.24) is 9.88 Å². The molecule has 1 amide bonds. The van der Waals surface area contributed by atoms with Gasteiger partial charge in [0.05, 0.1) is 0 Å². The van der Waals surface area contributed by atoms with Crippen LogP contribution in [-0.4, -0.2) is 28.9 Å². The van der Waals surface area contributed by atoms with E-state index in [9.17, 15) is 4.79 Å². The van der Waals surface area contributed by atoms with Crippen LogP contribution >= 0.6 is 0 Å². The molecule has 2 heterocycles. The molecular weight excluding hydrogens is 188 g/mol. The molecule has 1 aromatic rings. The second-order valence-corrected chi connectivity index (χ2v) is 3.75. The van der Waals surface area contributed by atoms with Crippen molar-refractivity contribution in [2.45, 2.75) is 19.3 Å². The molecule has 0 saturated carbocycles. The van der Waals surface area contributed by atoms with Crippen LogP contribution in [0.1, 0.15) is 29.6 Å². The molecule has 79 valence electrons. The summed E-state index contributed by atoms with van der Waals surface area (Å²) in [7, 11) is 0. The Bertz CT molecular complexity index is 316. The van der Waals surface area contributed by atoms with Crippen LogP contribution in [0.15, 0.2) is 24.5 Å². The summed E-state index contributed by atoms with van der Waals surface area (Å²) in [6.45, 7) is 1.72. The third-order valence-electron chi connectivity index (χ3n) is 2.65. The Balaban J connectivity index is 2.06. The van der Waals surface area contributed by atoms with E-state index >= 15 is 0 Å². The van der Waals surface area contributed by atoms with Crippen molar-refractivity contribution in [1.29, 1.82) is 0 Å². The summed E-state index contributed by atoms with van der Waals surface area (Å²) >= 11 is 0. The third-order valence-corrected chi connectivity index (χ3v) is 2.65. The maximum absolute atomic E-state index is 12.0. The predicted octanol–water partition coefficient (Wildman–Crippen LogP) is 1.91. The lowest BCUT2D eigenvalue weighted by Crippen LogP contribution is -2.31. The Hall–Kier alpha value is -1.38. The molecule has 3 heteroatoms. The zero-order chi connectivity index (χ0) is 10.5. The van der Waals surface area contributed by atoms with Gasteiger partial charge in [0.1, 0.15) is 0 Å². The average Bonchev–Trinajstić information content (AvgIpc) is 2.58. The molecular formula is C12H15N2O. The van der Waals surface area contributed by atoms with Gasteiger partial charge in [0.25, 0.3) is 5.91 Å². The van der Waals surface area contributed by atoms with Crippen LogP contribution in [0.5, 0.6) is 0 Å². The number of hydrogen-bond donors (Lipinski definition) is 0. The molecule has 1 saturated heterocycles. The largest absolute Gasteiger partial charge is 0.339 e.